The van der Waals surface area contributed by atoms with Gasteiger partial charge < -0.3 is 9.80 Å². The molecule has 6 rings (SSSR count). The van der Waals surface area contributed by atoms with E-state index in [-0.39, 0.29) is 6.03 Å². The molecule has 0 saturated carbocycles. The number of carbonyl (C=O) groups is 1. The predicted molar refractivity (Wildman–Crippen MR) is 116 cm³/mol. The van der Waals surface area contributed by atoms with Crippen LogP contribution in [0.2, 0.25) is 0 Å². The van der Waals surface area contributed by atoms with Crippen molar-refractivity contribution in [2.24, 2.45) is 0 Å². The normalized spacial score (nSPS) is 15.4. The molecule has 0 saturated heterocycles. The molecule has 0 unspecified atom stereocenters. The Bertz CT molecular complexity index is 1170. The van der Waals surface area contributed by atoms with E-state index in [1.165, 1.54) is 0 Å². The third-order valence-electron chi connectivity index (χ3n) is 6.16. The highest BCUT2D eigenvalue weighted by Gasteiger charge is 2.31. The molecule has 0 radical (unpaired) electrons. The van der Waals surface area contributed by atoms with Gasteiger partial charge in [-0.3, -0.25) is 9.13 Å². The first-order valence-corrected chi connectivity index (χ1v) is 10.7. The van der Waals surface area contributed by atoms with E-state index in [0.717, 1.165) is 47.3 Å². The molecular weight excluding hydrogens is 404 g/mol. The van der Waals surface area contributed by atoms with Gasteiger partial charge in [0, 0.05) is 38.3 Å². The van der Waals surface area contributed by atoms with Gasteiger partial charge in [0.15, 0.2) is 0 Å². The third-order valence-corrected chi connectivity index (χ3v) is 6.16. The van der Waals surface area contributed by atoms with Crippen molar-refractivity contribution in [3.8, 4) is 11.6 Å². The van der Waals surface area contributed by atoms with Crippen LogP contribution in [0.4, 0.5) is 4.79 Å². The summed E-state index contributed by atoms with van der Waals surface area (Å²) < 4.78 is 3.97. The highest BCUT2D eigenvalue weighted by Crippen LogP contribution is 2.25. The zero-order valence-corrected chi connectivity index (χ0v) is 17.5. The highest BCUT2D eigenvalue weighted by atomic mass is 16.2. The van der Waals surface area contributed by atoms with Crippen molar-refractivity contribution < 1.29 is 4.79 Å². The van der Waals surface area contributed by atoms with Crippen LogP contribution in [0.1, 0.15) is 22.8 Å². The Morgan fingerprint density at radius 2 is 1.19 bits per heavy atom. The average Bonchev–Trinajstić information content (AvgIpc) is 3.48. The fraction of sp³-hybridized carbons (Fsp3) is 0.261. The van der Waals surface area contributed by atoms with Gasteiger partial charge in [0.2, 0.25) is 0 Å². The molecule has 9 heteroatoms. The third kappa shape index (κ3) is 3.13. The van der Waals surface area contributed by atoms with Crippen molar-refractivity contribution >= 4 is 6.03 Å². The highest BCUT2D eigenvalue weighted by molar-refractivity contribution is 5.75. The minimum absolute atomic E-state index is 0.0452. The van der Waals surface area contributed by atoms with Crippen molar-refractivity contribution in [1.29, 1.82) is 0 Å². The summed E-state index contributed by atoms with van der Waals surface area (Å²) >= 11 is 0. The first-order valence-electron chi connectivity index (χ1n) is 10.7. The van der Waals surface area contributed by atoms with Gasteiger partial charge >= 0.3 is 6.03 Å². The van der Waals surface area contributed by atoms with E-state index in [1.54, 1.807) is 25.0 Å². The van der Waals surface area contributed by atoms with Crippen molar-refractivity contribution in [3.05, 3.63) is 84.2 Å². The lowest BCUT2D eigenvalue weighted by molar-refractivity contribution is 0.140. The molecule has 0 N–H and O–H groups in total. The maximum absolute atomic E-state index is 13.5. The predicted octanol–water partition coefficient (Wildman–Crippen LogP) is 2.38. The number of amides is 2. The summed E-state index contributed by atoms with van der Waals surface area (Å²) in [7, 11) is 0. The van der Waals surface area contributed by atoms with Crippen molar-refractivity contribution in [1.82, 2.24) is 38.9 Å². The number of rotatable bonds is 2. The molecule has 32 heavy (non-hydrogen) atoms. The summed E-state index contributed by atoms with van der Waals surface area (Å²) in [5.74, 6) is 1.63. The first-order chi connectivity index (χ1) is 15.8. The van der Waals surface area contributed by atoms with Gasteiger partial charge in [0.05, 0.1) is 35.9 Å². The van der Waals surface area contributed by atoms with Gasteiger partial charge in [-0.05, 0) is 24.3 Å². The maximum Gasteiger partial charge on any atom is 0.320 e. The van der Waals surface area contributed by atoms with Crippen LogP contribution in [0.3, 0.4) is 0 Å². The quantitative estimate of drug-likeness (QED) is 0.491. The largest absolute Gasteiger partial charge is 0.320 e. The van der Waals surface area contributed by atoms with E-state index in [9.17, 15) is 4.79 Å². The molecule has 4 aromatic rings. The molecule has 2 aliphatic heterocycles. The first kappa shape index (κ1) is 18.7. The number of urea groups is 1. The molecule has 0 spiro atoms. The SMILES string of the molecule is O=C(N1CCc2ncn(-c3ccccn3)c2C1)N1CCc2ncn(-c3ccccn3)c2C1. The molecule has 2 amide bonds. The molecule has 2 aliphatic rings. The second-order valence-electron chi connectivity index (χ2n) is 8.02. The number of imidazole rings is 2. The van der Waals surface area contributed by atoms with E-state index in [0.29, 0.717) is 26.2 Å². The number of carbonyl (C=O) groups excluding carboxylic acids is 1. The maximum atomic E-state index is 13.5. The number of fused-ring (bicyclic) bond motifs is 2. The van der Waals surface area contributed by atoms with E-state index in [2.05, 4.69) is 19.9 Å². The van der Waals surface area contributed by atoms with Crippen LogP contribution >= 0.6 is 0 Å². The number of hydrogen-bond donors (Lipinski definition) is 0. The lowest BCUT2D eigenvalue weighted by atomic mass is 10.1. The fourth-order valence-corrected chi connectivity index (χ4v) is 4.49. The second-order valence-corrected chi connectivity index (χ2v) is 8.02. The Morgan fingerprint density at radius 1 is 0.688 bits per heavy atom. The van der Waals surface area contributed by atoms with Crippen LogP contribution in [0.5, 0.6) is 0 Å². The van der Waals surface area contributed by atoms with Crippen LogP contribution in [-0.4, -0.2) is 58.0 Å². The number of nitrogens with zero attached hydrogens (tertiary/aromatic N) is 8. The lowest BCUT2D eigenvalue weighted by Gasteiger charge is -2.35. The summed E-state index contributed by atoms with van der Waals surface area (Å²) in [6.45, 7) is 2.36. The van der Waals surface area contributed by atoms with Crippen LogP contribution in [0.15, 0.2) is 61.4 Å². The van der Waals surface area contributed by atoms with E-state index in [4.69, 9.17) is 0 Å². The molecule has 6 heterocycles. The van der Waals surface area contributed by atoms with Gasteiger partial charge in [-0.2, -0.15) is 0 Å². The fourth-order valence-electron chi connectivity index (χ4n) is 4.49. The number of aromatic nitrogens is 6. The molecule has 9 nitrogen and oxygen atoms in total. The molecule has 0 aromatic carbocycles. The Kier molecular flexibility index (Phi) is 4.45. The molecular formula is C23H22N8O. The summed E-state index contributed by atoms with van der Waals surface area (Å²) in [4.78, 5) is 35.3. The van der Waals surface area contributed by atoms with Gasteiger partial charge in [-0.1, -0.05) is 12.1 Å². The van der Waals surface area contributed by atoms with Crippen molar-refractivity contribution in [2.75, 3.05) is 13.1 Å². The van der Waals surface area contributed by atoms with Gasteiger partial charge in [0.1, 0.15) is 24.3 Å². The lowest BCUT2D eigenvalue weighted by Crippen LogP contribution is -2.47. The summed E-state index contributed by atoms with van der Waals surface area (Å²) in [5.41, 5.74) is 4.13. The molecule has 0 fully saturated rings. The van der Waals surface area contributed by atoms with Crippen molar-refractivity contribution in [3.63, 3.8) is 0 Å². The smallest absolute Gasteiger partial charge is 0.318 e. The molecule has 0 atom stereocenters. The summed E-state index contributed by atoms with van der Waals surface area (Å²) in [6, 6.07) is 11.6. The zero-order valence-electron chi connectivity index (χ0n) is 17.5. The van der Waals surface area contributed by atoms with Gasteiger partial charge in [0.25, 0.3) is 0 Å². The molecule has 4 aromatic heterocycles. The van der Waals surface area contributed by atoms with Crippen molar-refractivity contribution in [2.45, 2.75) is 25.9 Å². The van der Waals surface area contributed by atoms with Crippen LogP contribution in [0, 0.1) is 0 Å². The molecule has 0 aliphatic carbocycles. The molecule has 0 bridgehead atoms. The zero-order chi connectivity index (χ0) is 21.5. The second kappa shape index (κ2) is 7.60. The Morgan fingerprint density at radius 3 is 1.62 bits per heavy atom. The minimum Gasteiger partial charge on any atom is -0.318 e. The monoisotopic (exact) mass is 426 g/mol. The average molecular weight is 426 g/mol. The Balaban J connectivity index is 1.24. The summed E-state index contributed by atoms with van der Waals surface area (Å²) in [6.07, 6.45) is 8.63. The van der Waals surface area contributed by atoms with Crippen LogP contribution in [0.25, 0.3) is 11.6 Å². The Hall–Kier alpha value is -4.01. The Labute approximate surface area is 185 Å². The van der Waals surface area contributed by atoms with Crippen LogP contribution in [-0.2, 0) is 25.9 Å². The number of pyridine rings is 2. The van der Waals surface area contributed by atoms with Gasteiger partial charge in [-0.15, -0.1) is 0 Å². The standard InChI is InChI=1S/C23H22N8O/c32-23(28-11-7-17-19(13-28)30(15-26-17)21-5-1-3-9-24-21)29-12-8-18-20(14-29)31(16-27-18)22-6-2-4-10-25-22/h1-6,9-10,15-16H,7-8,11-14H2. The van der Waals surface area contributed by atoms with Crippen LogP contribution < -0.4 is 0 Å². The summed E-state index contributed by atoms with van der Waals surface area (Å²) in [5, 5.41) is 0. The minimum atomic E-state index is 0.0452. The van der Waals surface area contributed by atoms with E-state index >= 15 is 0 Å². The topological polar surface area (TPSA) is 85.0 Å². The van der Waals surface area contributed by atoms with Gasteiger partial charge in [-0.25, -0.2) is 24.7 Å². The molecule has 160 valence electrons. The van der Waals surface area contributed by atoms with E-state index < -0.39 is 0 Å². The van der Waals surface area contributed by atoms with E-state index in [1.807, 2.05) is 55.3 Å². The number of hydrogen-bond acceptors (Lipinski definition) is 5.